The lowest BCUT2D eigenvalue weighted by Gasteiger charge is -2.40. The van der Waals surface area contributed by atoms with E-state index in [4.69, 9.17) is 5.26 Å². The average Bonchev–Trinajstić information content (AvgIpc) is 2.49. The highest BCUT2D eigenvalue weighted by molar-refractivity contribution is 5.20. The summed E-state index contributed by atoms with van der Waals surface area (Å²) in [6.45, 7) is 8.48. The number of nitrogens with zero attached hydrogens (tertiary/aromatic N) is 3. The van der Waals surface area contributed by atoms with E-state index in [1.54, 1.807) is 0 Å². The maximum absolute atomic E-state index is 9.13. The topological polar surface area (TPSA) is 30.3 Å². The number of rotatable bonds is 5. The molecule has 114 valence electrons. The molecule has 1 aliphatic heterocycles. The molecule has 3 nitrogen and oxygen atoms in total. The van der Waals surface area contributed by atoms with Crippen molar-refractivity contribution in [3.05, 3.63) is 35.9 Å². The third-order valence-electron chi connectivity index (χ3n) is 4.43. The summed E-state index contributed by atoms with van der Waals surface area (Å²) in [5.41, 5.74) is 1.21. The van der Waals surface area contributed by atoms with Crippen LogP contribution in [0.3, 0.4) is 0 Å². The van der Waals surface area contributed by atoms with Crippen molar-refractivity contribution in [2.45, 2.75) is 32.7 Å². The Bertz CT molecular complexity index is 475. The van der Waals surface area contributed by atoms with Crippen LogP contribution >= 0.6 is 0 Å². The first kappa shape index (κ1) is 16.0. The van der Waals surface area contributed by atoms with Gasteiger partial charge in [-0.3, -0.25) is 4.90 Å². The normalized spacial score (nSPS) is 21.1. The molecule has 0 N–H and O–H groups in total. The van der Waals surface area contributed by atoms with Gasteiger partial charge in [-0.2, -0.15) is 5.26 Å². The van der Waals surface area contributed by atoms with E-state index in [1.807, 2.05) is 13.8 Å². The second kappa shape index (κ2) is 7.06. The first-order valence-electron chi connectivity index (χ1n) is 7.91. The molecule has 1 atom stereocenters. The molecule has 3 heteroatoms. The van der Waals surface area contributed by atoms with Crippen molar-refractivity contribution in [3.63, 3.8) is 0 Å². The van der Waals surface area contributed by atoms with Crippen LogP contribution in [0.25, 0.3) is 0 Å². The Labute approximate surface area is 129 Å². The molecule has 21 heavy (non-hydrogen) atoms. The largest absolute Gasteiger partial charge is 0.303 e. The molecule has 1 heterocycles. The molecular formula is C18H27N3. The zero-order valence-electron chi connectivity index (χ0n) is 13.5. The van der Waals surface area contributed by atoms with E-state index in [-0.39, 0.29) is 5.41 Å². The van der Waals surface area contributed by atoms with Crippen LogP contribution in [-0.2, 0) is 0 Å². The van der Waals surface area contributed by atoms with Crippen molar-refractivity contribution in [2.75, 3.05) is 33.2 Å². The van der Waals surface area contributed by atoms with Crippen molar-refractivity contribution in [2.24, 2.45) is 5.41 Å². The van der Waals surface area contributed by atoms with Gasteiger partial charge in [-0.25, -0.2) is 0 Å². The Morgan fingerprint density at radius 2 is 1.95 bits per heavy atom. The van der Waals surface area contributed by atoms with Crippen LogP contribution in [0, 0.1) is 16.7 Å². The molecule has 1 saturated heterocycles. The third kappa shape index (κ3) is 4.56. The Balaban J connectivity index is 1.98. The Morgan fingerprint density at radius 3 is 2.62 bits per heavy atom. The zero-order chi connectivity index (χ0) is 15.3. The molecule has 0 radical (unpaired) electrons. The van der Waals surface area contributed by atoms with Crippen LogP contribution in [0.1, 0.15) is 38.3 Å². The number of benzene rings is 1. The minimum atomic E-state index is -0.200. The Hall–Kier alpha value is -1.37. The lowest BCUT2D eigenvalue weighted by molar-refractivity contribution is 0.0864. The maximum Gasteiger partial charge on any atom is 0.0683 e. The molecule has 0 spiro atoms. The number of piperazine rings is 1. The fourth-order valence-electron chi connectivity index (χ4n) is 3.00. The lowest BCUT2D eigenvalue weighted by Crippen LogP contribution is -2.47. The smallest absolute Gasteiger partial charge is 0.0683 e. The predicted molar refractivity (Wildman–Crippen MR) is 86.9 cm³/mol. The standard InChI is InChI=1S/C18H27N3/c1-18(2,15-19)10-7-11-21-13-12-20(3)14-17(21)16-8-5-4-6-9-16/h4-6,8-9,17H,7,10-14H2,1-3H3. The van der Waals surface area contributed by atoms with Gasteiger partial charge < -0.3 is 4.90 Å². The van der Waals surface area contributed by atoms with Gasteiger partial charge in [0.1, 0.15) is 0 Å². The van der Waals surface area contributed by atoms with Crippen molar-refractivity contribution in [1.29, 1.82) is 5.26 Å². The van der Waals surface area contributed by atoms with Crippen LogP contribution in [-0.4, -0.2) is 43.0 Å². The summed E-state index contributed by atoms with van der Waals surface area (Å²) < 4.78 is 0. The van der Waals surface area contributed by atoms with Gasteiger partial charge in [0.05, 0.1) is 11.5 Å². The second-order valence-electron chi connectivity index (χ2n) is 6.82. The van der Waals surface area contributed by atoms with E-state index in [2.05, 4.69) is 53.2 Å². The van der Waals surface area contributed by atoms with Gasteiger partial charge in [0.15, 0.2) is 0 Å². The Kier molecular flexibility index (Phi) is 5.39. The molecule has 0 amide bonds. The lowest BCUT2D eigenvalue weighted by atomic mass is 9.89. The van der Waals surface area contributed by atoms with Crippen molar-refractivity contribution >= 4 is 0 Å². The Morgan fingerprint density at radius 1 is 1.24 bits per heavy atom. The first-order chi connectivity index (χ1) is 10.0. The van der Waals surface area contributed by atoms with Crippen molar-refractivity contribution in [1.82, 2.24) is 9.80 Å². The van der Waals surface area contributed by atoms with Gasteiger partial charge in [0, 0.05) is 25.7 Å². The molecular weight excluding hydrogens is 258 g/mol. The SMILES string of the molecule is CN1CCN(CCCC(C)(C)C#N)C(c2ccccc2)C1. The van der Waals surface area contributed by atoms with Crippen molar-refractivity contribution in [3.8, 4) is 6.07 Å². The van der Waals surface area contributed by atoms with E-state index < -0.39 is 0 Å². The van der Waals surface area contributed by atoms with E-state index in [1.165, 1.54) is 5.56 Å². The van der Waals surface area contributed by atoms with Crippen LogP contribution < -0.4 is 0 Å². The highest BCUT2D eigenvalue weighted by Gasteiger charge is 2.26. The molecule has 0 bridgehead atoms. The van der Waals surface area contributed by atoms with Crippen LogP contribution in [0.2, 0.25) is 0 Å². The molecule has 0 saturated carbocycles. The zero-order valence-corrected chi connectivity index (χ0v) is 13.5. The van der Waals surface area contributed by atoms with Crippen LogP contribution in [0.4, 0.5) is 0 Å². The molecule has 1 aromatic carbocycles. The molecule has 1 fully saturated rings. The number of hydrogen-bond donors (Lipinski definition) is 0. The number of hydrogen-bond acceptors (Lipinski definition) is 3. The minimum Gasteiger partial charge on any atom is -0.303 e. The fourth-order valence-corrected chi connectivity index (χ4v) is 3.00. The molecule has 2 rings (SSSR count). The third-order valence-corrected chi connectivity index (χ3v) is 4.43. The van der Waals surface area contributed by atoms with Crippen LogP contribution in [0.15, 0.2) is 30.3 Å². The summed E-state index contributed by atoms with van der Waals surface area (Å²) in [6, 6.07) is 13.7. The van der Waals surface area contributed by atoms with E-state index >= 15 is 0 Å². The highest BCUT2D eigenvalue weighted by atomic mass is 15.3. The van der Waals surface area contributed by atoms with E-state index in [9.17, 15) is 0 Å². The van der Waals surface area contributed by atoms with Gasteiger partial charge in [0.25, 0.3) is 0 Å². The van der Waals surface area contributed by atoms with Gasteiger partial charge in [-0.1, -0.05) is 30.3 Å². The molecule has 0 aliphatic carbocycles. The van der Waals surface area contributed by atoms with Gasteiger partial charge in [-0.05, 0) is 45.8 Å². The average molecular weight is 285 g/mol. The molecule has 0 aromatic heterocycles. The summed E-state index contributed by atoms with van der Waals surface area (Å²) in [5, 5.41) is 9.13. The fraction of sp³-hybridized carbons (Fsp3) is 0.611. The predicted octanol–water partition coefficient (Wildman–Crippen LogP) is 3.31. The summed E-state index contributed by atoms with van der Waals surface area (Å²) in [5.74, 6) is 0. The van der Waals surface area contributed by atoms with Gasteiger partial charge >= 0.3 is 0 Å². The van der Waals surface area contributed by atoms with Crippen molar-refractivity contribution < 1.29 is 0 Å². The molecule has 1 aliphatic rings. The molecule has 1 unspecified atom stereocenters. The quantitative estimate of drug-likeness (QED) is 0.831. The first-order valence-corrected chi connectivity index (χ1v) is 7.91. The maximum atomic E-state index is 9.13. The second-order valence-corrected chi connectivity index (χ2v) is 6.82. The molecule has 1 aromatic rings. The van der Waals surface area contributed by atoms with Gasteiger partial charge in [-0.15, -0.1) is 0 Å². The monoisotopic (exact) mass is 285 g/mol. The summed E-state index contributed by atoms with van der Waals surface area (Å²) >= 11 is 0. The van der Waals surface area contributed by atoms with E-state index in [0.29, 0.717) is 6.04 Å². The number of nitriles is 1. The van der Waals surface area contributed by atoms with E-state index in [0.717, 1.165) is 39.0 Å². The highest BCUT2D eigenvalue weighted by Crippen LogP contribution is 2.27. The summed E-state index contributed by atoms with van der Waals surface area (Å²) in [6.07, 6.45) is 2.06. The van der Waals surface area contributed by atoms with Gasteiger partial charge in [0.2, 0.25) is 0 Å². The summed E-state index contributed by atoms with van der Waals surface area (Å²) in [7, 11) is 2.20. The number of likely N-dealkylation sites (N-methyl/N-ethyl adjacent to an activating group) is 1. The minimum absolute atomic E-state index is 0.200. The summed E-state index contributed by atoms with van der Waals surface area (Å²) in [4.78, 5) is 5.00. The van der Waals surface area contributed by atoms with Crippen LogP contribution in [0.5, 0.6) is 0 Å².